The Kier molecular flexibility index (Phi) is 4.79. The van der Waals surface area contributed by atoms with Crippen LogP contribution in [0, 0.1) is 6.92 Å². The second-order valence-corrected chi connectivity index (χ2v) is 7.98. The number of carbonyl (C=O) groups is 1. The van der Waals surface area contributed by atoms with E-state index >= 15 is 0 Å². The van der Waals surface area contributed by atoms with Crippen LogP contribution in [0.15, 0.2) is 48.5 Å². The molecule has 3 aromatic rings. The molecule has 0 saturated carbocycles. The van der Waals surface area contributed by atoms with Crippen molar-refractivity contribution in [3.63, 3.8) is 0 Å². The van der Waals surface area contributed by atoms with E-state index in [2.05, 4.69) is 24.0 Å². The minimum Gasteiger partial charge on any atom is -0.348 e. The Balaban J connectivity index is 1.79. The number of carbonyl (C=O) groups excluding carboxylic acids is 1. The molecule has 0 radical (unpaired) electrons. The quantitative estimate of drug-likeness (QED) is 0.550. The minimum atomic E-state index is 0.000175. The molecular weight excluding hydrogens is 364 g/mol. The van der Waals surface area contributed by atoms with Crippen LogP contribution in [-0.4, -0.2) is 23.9 Å². The summed E-state index contributed by atoms with van der Waals surface area (Å²) in [6.07, 6.45) is 2.36. The smallest absolute Gasteiger partial charge is 0.205 e. The zero-order valence-electron chi connectivity index (χ0n) is 14.5. The molecule has 3 nitrogen and oxygen atoms in total. The van der Waals surface area contributed by atoms with Gasteiger partial charge in [-0.15, -0.1) is 0 Å². The molecule has 4 rings (SSSR count). The van der Waals surface area contributed by atoms with Crippen LogP contribution in [0.4, 0.5) is 5.13 Å². The average Bonchev–Trinajstić information content (AvgIpc) is 3.32. The number of halogens is 1. The third-order valence-corrected chi connectivity index (χ3v) is 6.00. The third-order valence-electron chi connectivity index (χ3n) is 4.63. The van der Waals surface area contributed by atoms with Gasteiger partial charge in [0.15, 0.2) is 5.13 Å². The van der Waals surface area contributed by atoms with Gasteiger partial charge in [-0.1, -0.05) is 52.8 Å². The summed E-state index contributed by atoms with van der Waals surface area (Å²) in [6, 6.07) is 15.2. The molecular formula is C21H19ClN2OS. The van der Waals surface area contributed by atoms with Crippen LogP contribution in [0.25, 0.3) is 11.3 Å². The Morgan fingerprint density at radius 2 is 1.69 bits per heavy atom. The number of nitrogens with zero attached hydrogens (tertiary/aromatic N) is 2. The largest absolute Gasteiger partial charge is 0.348 e. The Bertz CT molecular complexity index is 926. The summed E-state index contributed by atoms with van der Waals surface area (Å²) in [7, 11) is 0. The Morgan fingerprint density at radius 3 is 2.35 bits per heavy atom. The standard InChI is InChI=1S/C21H19ClN2OS/c1-14-4-6-15(7-5-14)18-20(19(25)16-8-10-17(22)11-9-16)26-21(23-18)24-12-2-3-13-24/h4-11H,2-3,12-13H2,1H3. The van der Waals surface area contributed by atoms with Crippen LogP contribution in [0.5, 0.6) is 0 Å². The second-order valence-electron chi connectivity index (χ2n) is 6.57. The summed E-state index contributed by atoms with van der Waals surface area (Å²) >= 11 is 7.46. The number of benzene rings is 2. The second kappa shape index (κ2) is 7.22. The third kappa shape index (κ3) is 3.39. The van der Waals surface area contributed by atoms with Crippen LogP contribution in [-0.2, 0) is 0 Å². The summed E-state index contributed by atoms with van der Waals surface area (Å²) < 4.78 is 0. The molecule has 1 aliphatic heterocycles. The van der Waals surface area contributed by atoms with Crippen molar-refractivity contribution in [3.05, 3.63) is 69.6 Å². The molecule has 2 aromatic carbocycles. The van der Waals surface area contributed by atoms with Crippen LogP contribution in [0.2, 0.25) is 5.02 Å². The number of hydrogen-bond donors (Lipinski definition) is 0. The summed E-state index contributed by atoms with van der Waals surface area (Å²) in [4.78, 5) is 21.0. The molecule has 0 atom stereocenters. The lowest BCUT2D eigenvalue weighted by atomic mass is 10.0. The van der Waals surface area contributed by atoms with Crippen molar-refractivity contribution in [1.29, 1.82) is 0 Å². The zero-order valence-corrected chi connectivity index (χ0v) is 16.1. The molecule has 26 heavy (non-hydrogen) atoms. The summed E-state index contributed by atoms with van der Waals surface area (Å²) in [5.74, 6) is 0.000175. The SMILES string of the molecule is Cc1ccc(-c2nc(N3CCCC3)sc2C(=O)c2ccc(Cl)cc2)cc1. The lowest BCUT2D eigenvalue weighted by Crippen LogP contribution is -2.17. The molecule has 0 unspecified atom stereocenters. The number of aryl methyl sites for hydroxylation is 1. The van der Waals surface area contributed by atoms with Gasteiger partial charge in [-0.05, 0) is 44.0 Å². The molecule has 0 N–H and O–H groups in total. The molecule has 5 heteroatoms. The van der Waals surface area contributed by atoms with Crippen LogP contribution in [0.1, 0.15) is 33.6 Å². The van der Waals surface area contributed by atoms with E-state index in [1.165, 1.54) is 29.7 Å². The van der Waals surface area contributed by atoms with E-state index in [1.807, 2.05) is 12.1 Å². The monoisotopic (exact) mass is 382 g/mol. The normalized spacial score (nSPS) is 14.0. The Labute approximate surface area is 162 Å². The Hall–Kier alpha value is -2.17. The van der Waals surface area contributed by atoms with Crippen molar-refractivity contribution in [2.24, 2.45) is 0 Å². The summed E-state index contributed by atoms with van der Waals surface area (Å²) in [6.45, 7) is 4.07. The number of thiazole rings is 1. The fourth-order valence-electron chi connectivity index (χ4n) is 3.15. The van der Waals surface area contributed by atoms with Crippen molar-refractivity contribution >= 4 is 33.9 Å². The first-order valence-corrected chi connectivity index (χ1v) is 9.94. The Morgan fingerprint density at radius 1 is 1.04 bits per heavy atom. The van der Waals surface area contributed by atoms with E-state index < -0.39 is 0 Å². The molecule has 1 saturated heterocycles. The van der Waals surface area contributed by atoms with Gasteiger partial charge >= 0.3 is 0 Å². The van der Waals surface area contributed by atoms with Gasteiger partial charge in [0.05, 0.1) is 5.69 Å². The highest BCUT2D eigenvalue weighted by molar-refractivity contribution is 7.18. The minimum absolute atomic E-state index is 0.000175. The van der Waals surface area contributed by atoms with Gasteiger partial charge in [-0.2, -0.15) is 0 Å². The van der Waals surface area contributed by atoms with Gasteiger partial charge in [0.25, 0.3) is 0 Å². The van der Waals surface area contributed by atoms with E-state index in [4.69, 9.17) is 16.6 Å². The fraction of sp³-hybridized carbons (Fsp3) is 0.238. The highest BCUT2D eigenvalue weighted by Crippen LogP contribution is 2.36. The highest BCUT2D eigenvalue weighted by Gasteiger charge is 2.24. The molecule has 0 spiro atoms. The topological polar surface area (TPSA) is 33.2 Å². The molecule has 1 fully saturated rings. The molecule has 0 aliphatic carbocycles. The lowest BCUT2D eigenvalue weighted by molar-refractivity contribution is 0.104. The number of anilines is 1. The van der Waals surface area contributed by atoms with E-state index in [0.717, 1.165) is 29.5 Å². The van der Waals surface area contributed by atoms with E-state index in [1.54, 1.807) is 24.3 Å². The maximum absolute atomic E-state index is 13.2. The van der Waals surface area contributed by atoms with Crippen molar-refractivity contribution in [1.82, 2.24) is 4.98 Å². The van der Waals surface area contributed by atoms with Crippen LogP contribution < -0.4 is 4.90 Å². The van der Waals surface area contributed by atoms with Crippen molar-refractivity contribution < 1.29 is 4.79 Å². The summed E-state index contributed by atoms with van der Waals surface area (Å²) in [5.41, 5.74) is 3.58. The maximum atomic E-state index is 13.2. The van der Waals surface area contributed by atoms with Crippen molar-refractivity contribution in [2.45, 2.75) is 19.8 Å². The number of ketones is 1. The van der Waals surface area contributed by atoms with Crippen molar-refractivity contribution in [3.8, 4) is 11.3 Å². The highest BCUT2D eigenvalue weighted by atomic mass is 35.5. The summed E-state index contributed by atoms with van der Waals surface area (Å²) in [5, 5.41) is 1.57. The van der Waals surface area contributed by atoms with Gasteiger partial charge in [-0.25, -0.2) is 4.98 Å². The number of rotatable bonds is 4. The molecule has 1 aliphatic rings. The van der Waals surface area contributed by atoms with Gasteiger partial charge in [0.2, 0.25) is 5.78 Å². The van der Waals surface area contributed by atoms with E-state index in [-0.39, 0.29) is 5.78 Å². The molecule has 132 valence electrons. The lowest BCUT2D eigenvalue weighted by Gasteiger charge is -2.12. The van der Waals surface area contributed by atoms with Gasteiger partial charge < -0.3 is 4.90 Å². The first-order valence-electron chi connectivity index (χ1n) is 8.75. The molecule has 2 heterocycles. The predicted molar refractivity (Wildman–Crippen MR) is 109 cm³/mol. The van der Waals surface area contributed by atoms with E-state index in [9.17, 15) is 4.79 Å². The van der Waals surface area contributed by atoms with E-state index in [0.29, 0.717) is 15.5 Å². The van der Waals surface area contributed by atoms with Gasteiger partial charge in [0, 0.05) is 29.2 Å². The van der Waals surface area contributed by atoms with Gasteiger partial charge in [-0.3, -0.25) is 4.79 Å². The average molecular weight is 383 g/mol. The first kappa shape index (κ1) is 17.3. The fourth-order valence-corrected chi connectivity index (χ4v) is 4.37. The van der Waals surface area contributed by atoms with Crippen LogP contribution in [0.3, 0.4) is 0 Å². The first-order chi connectivity index (χ1) is 12.6. The van der Waals surface area contributed by atoms with Gasteiger partial charge in [0.1, 0.15) is 4.88 Å². The number of hydrogen-bond acceptors (Lipinski definition) is 4. The molecule has 1 aromatic heterocycles. The predicted octanol–water partition coefficient (Wildman–Crippen LogP) is 5.60. The molecule has 0 bridgehead atoms. The number of aromatic nitrogens is 1. The molecule has 0 amide bonds. The maximum Gasteiger partial charge on any atom is 0.205 e. The van der Waals surface area contributed by atoms with Crippen molar-refractivity contribution in [2.75, 3.05) is 18.0 Å². The zero-order chi connectivity index (χ0) is 18.1. The van der Waals surface area contributed by atoms with Crippen LogP contribution >= 0.6 is 22.9 Å².